The Bertz CT molecular complexity index is 180. The first-order valence-electron chi connectivity index (χ1n) is 4.12. The Morgan fingerprint density at radius 2 is 2.25 bits per heavy atom. The molecule has 0 heterocycles. The Balaban J connectivity index is 2.14. The third kappa shape index (κ3) is 2.53. The molecular formula is C8H12Cl2O2. The SMILES string of the molecule is CCCCOC(=O)[C@H]1CC1(Cl)Cl. The van der Waals surface area contributed by atoms with Crippen LogP contribution in [0.5, 0.6) is 0 Å². The Labute approximate surface area is 82.2 Å². The summed E-state index contributed by atoms with van der Waals surface area (Å²) in [5.41, 5.74) is 0. The van der Waals surface area contributed by atoms with Gasteiger partial charge in [0.15, 0.2) is 0 Å². The zero-order valence-electron chi connectivity index (χ0n) is 6.98. The third-order valence-corrected chi connectivity index (χ3v) is 2.69. The van der Waals surface area contributed by atoms with Gasteiger partial charge in [-0.05, 0) is 12.8 Å². The van der Waals surface area contributed by atoms with E-state index in [1.165, 1.54) is 0 Å². The second kappa shape index (κ2) is 3.84. The molecule has 0 aromatic carbocycles. The molecule has 0 bridgehead atoms. The Morgan fingerprint density at radius 3 is 2.67 bits per heavy atom. The predicted molar refractivity (Wildman–Crippen MR) is 48.4 cm³/mol. The van der Waals surface area contributed by atoms with Crippen molar-refractivity contribution in [3.05, 3.63) is 0 Å². The Hall–Kier alpha value is 0.0500. The van der Waals surface area contributed by atoms with Crippen molar-refractivity contribution in [1.29, 1.82) is 0 Å². The summed E-state index contributed by atoms with van der Waals surface area (Å²) in [5.74, 6) is -0.550. The first-order chi connectivity index (χ1) is 5.58. The first-order valence-corrected chi connectivity index (χ1v) is 4.88. The minimum atomic E-state index is -0.844. The number of hydrogen-bond donors (Lipinski definition) is 0. The predicted octanol–water partition coefficient (Wildman–Crippen LogP) is 2.52. The second-order valence-corrected chi connectivity index (χ2v) is 4.58. The van der Waals surface area contributed by atoms with Gasteiger partial charge < -0.3 is 4.74 Å². The van der Waals surface area contributed by atoms with E-state index in [4.69, 9.17) is 27.9 Å². The summed E-state index contributed by atoms with van der Waals surface area (Å²) < 4.78 is 4.09. The fourth-order valence-electron chi connectivity index (χ4n) is 0.887. The number of ether oxygens (including phenoxy) is 1. The van der Waals surface area contributed by atoms with E-state index >= 15 is 0 Å². The fourth-order valence-corrected chi connectivity index (χ4v) is 1.37. The number of alkyl halides is 2. The summed E-state index contributed by atoms with van der Waals surface area (Å²) in [7, 11) is 0. The highest BCUT2D eigenvalue weighted by molar-refractivity contribution is 6.52. The maximum atomic E-state index is 11.1. The molecule has 0 amide bonds. The van der Waals surface area contributed by atoms with Crippen LogP contribution in [0.3, 0.4) is 0 Å². The van der Waals surface area contributed by atoms with E-state index in [0.717, 1.165) is 12.8 Å². The number of esters is 1. The topological polar surface area (TPSA) is 26.3 Å². The van der Waals surface area contributed by atoms with Crippen LogP contribution in [0.15, 0.2) is 0 Å². The van der Waals surface area contributed by atoms with Gasteiger partial charge in [-0.15, -0.1) is 23.2 Å². The normalized spacial score (nSPS) is 25.1. The van der Waals surface area contributed by atoms with E-state index in [1.807, 2.05) is 6.92 Å². The molecular weight excluding hydrogens is 199 g/mol. The molecule has 0 aliphatic heterocycles. The summed E-state index contributed by atoms with van der Waals surface area (Å²) in [5, 5.41) is 0. The van der Waals surface area contributed by atoms with Crippen molar-refractivity contribution in [3.8, 4) is 0 Å². The molecule has 0 spiro atoms. The van der Waals surface area contributed by atoms with Crippen LogP contribution in [-0.4, -0.2) is 16.9 Å². The smallest absolute Gasteiger partial charge is 0.312 e. The Kier molecular flexibility index (Phi) is 3.24. The van der Waals surface area contributed by atoms with Crippen molar-refractivity contribution in [3.63, 3.8) is 0 Å². The third-order valence-electron chi connectivity index (χ3n) is 1.85. The van der Waals surface area contributed by atoms with Gasteiger partial charge in [0.05, 0.1) is 12.5 Å². The molecule has 0 N–H and O–H groups in total. The lowest BCUT2D eigenvalue weighted by molar-refractivity contribution is -0.145. The average Bonchev–Trinajstić information content (AvgIpc) is 2.60. The van der Waals surface area contributed by atoms with Crippen LogP contribution in [0.25, 0.3) is 0 Å². The van der Waals surface area contributed by atoms with E-state index in [-0.39, 0.29) is 11.9 Å². The van der Waals surface area contributed by atoms with Gasteiger partial charge in [0.25, 0.3) is 0 Å². The summed E-state index contributed by atoms with van der Waals surface area (Å²) in [4.78, 5) is 11.1. The number of unbranched alkanes of at least 4 members (excludes halogenated alkanes) is 1. The fraction of sp³-hybridized carbons (Fsp3) is 0.875. The molecule has 0 aromatic rings. The van der Waals surface area contributed by atoms with Gasteiger partial charge in [-0.2, -0.15) is 0 Å². The number of carbonyl (C=O) groups is 1. The molecule has 1 saturated carbocycles. The monoisotopic (exact) mass is 210 g/mol. The Morgan fingerprint density at radius 1 is 1.67 bits per heavy atom. The van der Waals surface area contributed by atoms with Crippen molar-refractivity contribution in [2.75, 3.05) is 6.61 Å². The van der Waals surface area contributed by atoms with Gasteiger partial charge >= 0.3 is 5.97 Å². The number of rotatable bonds is 4. The number of hydrogen-bond acceptors (Lipinski definition) is 2. The molecule has 1 atom stereocenters. The lowest BCUT2D eigenvalue weighted by Crippen LogP contribution is -2.11. The summed E-state index contributed by atoms with van der Waals surface area (Å²) in [6.45, 7) is 2.52. The summed E-state index contributed by atoms with van der Waals surface area (Å²) in [6, 6.07) is 0. The minimum absolute atomic E-state index is 0.256. The maximum absolute atomic E-state index is 11.1. The molecule has 1 rings (SSSR count). The highest BCUT2D eigenvalue weighted by Crippen LogP contribution is 2.53. The van der Waals surface area contributed by atoms with Crippen molar-refractivity contribution in [2.45, 2.75) is 30.5 Å². The van der Waals surface area contributed by atoms with Crippen molar-refractivity contribution in [2.24, 2.45) is 5.92 Å². The molecule has 1 fully saturated rings. The highest BCUT2D eigenvalue weighted by atomic mass is 35.5. The number of carbonyl (C=O) groups excluding carboxylic acids is 1. The quantitative estimate of drug-likeness (QED) is 0.405. The standard InChI is InChI=1S/C8H12Cl2O2/c1-2-3-4-12-7(11)6-5-8(6,9)10/h6H,2-5H2,1H3/t6-/m1/s1. The van der Waals surface area contributed by atoms with Crippen LogP contribution in [0.2, 0.25) is 0 Å². The van der Waals surface area contributed by atoms with E-state index in [9.17, 15) is 4.79 Å². The maximum Gasteiger partial charge on any atom is 0.312 e. The van der Waals surface area contributed by atoms with Gasteiger partial charge in [0.2, 0.25) is 0 Å². The van der Waals surface area contributed by atoms with Crippen LogP contribution in [0.1, 0.15) is 26.2 Å². The zero-order chi connectivity index (χ0) is 9.19. The van der Waals surface area contributed by atoms with E-state index in [1.54, 1.807) is 0 Å². The van der Waals surface area contributed by atoms with Crippen LogP contribution < -0.4 is 0 Å². The molecule has 70 valence electrons. The number of halogens is 2. The molecule has 0 saturated heterocycles. The van der Waals surface area contributed by atoms with Gasteiger partial charge in [0, 0.05) is 0 Å². The summed E-state index contributed by atoms with van der Waals surface area (Å²) in [6.07, 6.45) is 2.45. The highest BCUT2D eigenvalue weighted by Gasteiger charge is 2.57. The van der Waals surface area contributed by atoms with Gasteiger partial charge in [-0.1, -0.05) is 13.3 Å². The first kappa shape index (κ1) is 10.1. The molecule has 0 aromatic heterocycles. The van der Waals surface area contributed by atoms with E-state index < -0.39 is 4.33 Å². The second-order valence-electron chi connectivity index (χ2n) is 3.04. The zero-order valence-corrected chi connectivity index (χ0v) is 8.49. The van der Waals surface area contributed by atoms with Crippen LogP contribution in [-0.2, 0) is 9.53 Å². The largest absolute Gasteiger partial charge is 0.465 e. The van der Waals surface area contributed by atoms with E-state index in [0.29, 0.717) is 13.0 Å². The molecule has 4 heteroatoms. The van der Waals surface area contributed by atoms with E-state index in [2.05, 4.69) is 0 Å². The van der Waals surface area contributed by atoms with Gasteiger partial charge in [-0.25, -0.2) is 0 Å². The van der Waals surface area contributed by atoms with Crippen molar-refractivity contribution >= 4 is 29.2 Å². The van der Waals surface area contributed by atoms with Gasteiger partial charge in [0.1, 0.15) is 4.33 Å². The van der Waals surface area contributed by atoms with Crippen LogP contribution in [0.4, 0.5) is 0 Å². The molecule has 2 nitrogen and oxygen atoms in total. The minimum Gasteiger partial charge on any atom is -0.465 e. The lowest BCUT2D eigenvalue weighted by atomic mass is 10.3. The lowest BCUT2D eigenvalue weighted by Gasteiger charge is -2.02. The van der Waals surface area contributed by atoms with Crippen molar-refractivity contribution in [1.82, 2.24) is 0 Å². The van der Waals surface area contributed by atoms with Crippen LogP contribution in [0, 0.1) is 5.92 Å². The van der Waals surface area contributed by atoms with Crippen LogP contribution >= 0.6 is 23.2 Å². The molecule has 0 radical (unpaired) electrons. The molecule has 12 heavy (non-hydrogen) atoms. The summed E-state index contributed by atoms with van der Waals surface area (Å²) >= 11 is 11.4. The van der Waals surface area contributed by atoms with Gasteiger partial charge in [-0.3, -0.25) is 4.79 Å². The molecule has 1 aliphatic carbocycles. The molecule has 0 unspecified atom stereocenters. The average molecular weight is 211 g/mol. The van der Waals surface area contributed by atoms with Crippen molar-refractivity contribution < 1.29 is 9.53 Å². The molecule has 1 aliphatic rings.